The smallest absolute Gasteiger partial charge is 0.116 e. The fourth-order valence-electron chi connectivity index (χ4n) is 1.77. The highest BCUT2D eigenvalue weighted by Gasteiger charge is 2.04. The number of benzene rings is 2. The van der Waals surface area contributed by atoms with Crippen molar-refractivity contribution in [3.63, 3.8) is 0 Å². The van der Waals surface area contributed by atoms with E-state index in [9.17, 15) is 5.11 Å². The Hall–Kier alpha value is -1.76. The molecule has 82 valence electrons. The molecule has 0 unspecified atom stereocenters. The van der Waals surface area contributed by atoms with E-state index in [-0.39, 0.29) is 0 Å². The Kier molecular flexibility index (Phi) is 2.69. The van der Waals surface area contributed by atoms with E-state index in [1.165, 1.54) is 5.56 Å². The molecule has 0 amide bonds. The molecule has 16 heavy (non-hydrogen) atoms. The third-order valence-corrected chi connectivity index (χ3v) is 2.89. The Balaban J connectivity index is 2.52. The van der Waals surface area contributed by atoms with Crippen LogP contribution in [0.15, 0.2) is 43.0 Å². The molecule has 0 aliphatic heterocycles. The summed E-state index contributed by atoms with van der Waals surface area (Å²) in [6.07, 6.45) is 0. The lowest BCUT2D eigenvalue weighted by Crippen LogP contribution is -1.91. The summed E-state index contributed by atoms with van der Waals surface area (Å²) in [5.41, 5.74) is 2.32. The van der Waals surface area contributed by atoms with Gasteiger partial charge < -0.3 is 5.11 Å². The van der Waals surface area contributed by atoms with E-state index in [1.807, 2.05) is 12.1 Å². The summed E-state index contributed by atoms with van der Waals surface area (Å²) in [7, 11) is 0. The van der Waals surface area contributed by atoms with Crippen molar-refractivity contribution in [2.24, 2.45) is 5.92 Å². The summed E-state index contributed by atoms with van der Waals surface area (Å²) in [6, 6.07) is 11.6. The Labute approximate surface area is 96.0 Å². The van der Waals surface area contributed by atoms with Crippen molar-refractivity contribution in [3.05, 3.63) is 48.5 Å². The van der Waals surface area contributed by atoms with E-state index >= 15 is 0 Å². The lowest BCUT2D eigenvalue weighted by Gasteiger charge is -2.10. The van der Waals surface area contributed by atoms with Gasteiger partial charge in [-0.2, -0.15) is 0 Å². The van der Waals surface area contributed by atoms with E-state index in [2.05, 4.69) is 32.6 Å². The van der Waals surface area contributed by atoms with Crippen LogP contribution in [-0.2, 0) is 0 Å². The second-order valence-electron chi connectivity index (χ2n) is 4.43. The van der Waals surface area contributed by atoms with E-state index in [1.54, 1.807) is 12.1 Å². The largest absolute Gasteiger partial charge is 0.508 e. The molecule has 2 aromatic rings. The SMILES string of the molecule is C=C(c1ccc2cc(O)ccc2c1)C(C)C. The molecular formula is C15H16O. The van der Waals surface area contributed by atoms with Crippen LogP contribution in [0.2, 0.25) is 0 Å². The van der Waals surface area contributed by atoms with Crippen LogP contribution in [0, 0.1) is 5.92 Å². The zero-order valence-electron chi connectivity index (χ0n) is 9.70. The van der Waals surface area contributed by atoms with E-state index < -0.39 is 0 Å². The standard InChI is InChI=1S/C15H16O/c1-10(2)11(3)12-4-5-14-9-15(16)7-6-13(14)8-12/h4-10,16H,3H2,1-2H3. The zero-order chi connectivity index (χ0) is 11.7. The van der Waals surface area contributed by atoms with Crippen LogP contribution in [0.4, 0.5) is 0 Å². The van der Waals surface area contributed by atoms with Crippen LogP contribution in [0.1, 0.15) is 19.4 Å². The number of fused-ring (bicyclic) bond motifs is 1. The maximum Gasteiger partial charge on any atom is 0.116 e. The van der Waals surface area contributed by atoms with Gasteiger partial charge in [0.1, 0.15) is 5.75 Å². The van der Waals surface area contributed by atoms with Crippen LogP contribution < -0.4 is 0 Å². The monoisotopic (exact) mass is 212 g/mol. The minimum atomic E-state index is 0.308. The van der Waals surface area contributed by atoms with Crippen LogP contribution in [-0.4, -0.2) is 5.11 Å². The van der Waals surface area contributed by atoms with Gasteiger partial charge in [-0.25, -0.2) is 0 Å². The Morgan fingerprint density at radius 2 is 1.69 bits per heavy atom. The molecule has 0 radical (unpaired) electrons. The maximum absolute atomic E-state index is 9.38. The number of phenols is 1. The van der Waals surface area contributed by atoms with Gasteiger partial charge in [0.15, 0.2) is 0 Å². The maximum atomic E-state index is 9.38. The topological polar surface area (TPSA) is 20.2 Å². The van der Waals surface area contributed by atoms with Gasteiger partial charge in [0.05, 0.1) is 0 Å². The van der Waals surface area contributed by atoms with Crippen LogP contribution in [0.25, 0.3) is 16.3 Å². The molecular weight excluding hydrogens is 196 g/mol. The van der Waals surface area contributed by atoms with Gasteiger partial charge in [-0.3, -0.25) is 0 Å². The highest BCUT2D eigenvalue weighted by Crippen LogP contribution is 2.26. The molecule has 0 atom stereocenters. The predicted octanol–water partition coefficient (Wildman–Crippen LogP) is 4.21. The molecule has 2 rings (SSSR count). The molecule has 1 N–H and O–H groups in total. The van der Waals surface area contributed by atoms with Gasteiger partial charge in [0.25, 0.3) is 0 Å². The van der Waals surface area contributed by atoms with E-state index in [0.29, 0.717) is 11.7 Å². The molecule has 0 aliphatic carbocycles. The molecule has 0 spiro atoms. The first kappa shape index (κ1) is 10.7. The lowest BCUT2D eigenvalue weighted by molar-refractivity contribution is 0.476. The van der Waals surface area contributed by atoms with Crippen molar-refractivity contribution in [1.82, 2.24) is 0 Å². The second kappa shape index (κ2) is 4.01. The van der Waals surface area contributed by atoms with Gasteiger partial charge in [-0.15, -0.1) is 0 Å². The molecule has 0 aliphatic rings. The van der Waals surface area contributed by atoms with E-state index in [4.69, 9.17) is 0 Å². The number of hydrogen-bond acceptors (Lipinski definition) is 1. The van der Waals surface area contributed by atoms with Crippen LogP contribution in [0.5, 0.6) is 5.75 Å². The molecule has 2 aromatic carbocycles. The van der Waals surface area contributed by atoms with Crippen molar-refractivity contribution in [2.45, 2.75) is 13.8 Å². The fourth-order valence-corrected chi connectivity index (χ4v) is 1.77. The first-order valence-electron chi connectivity index (χ1n) is 5.50. The fraction of sp³-hybridized carbons (Fsp3) is 0.200. The van der Waals surface area contributed by atoms with Crippen molar-refractivity contribution in [3.8, 4) is 5.75 Å². The first-order valence-corrected chi connectivity index (χ1v) is 5.50. The molecule has 0 heterocycles. The number of aromatic hydroxyl groups is 1. The predicted molar refractivity (Wildman–Crippen MR) is 69.5 cm³/mol. The van der Waals surface area contributed by atoms with Crippen molar-refractivity contribution >= 4 is 16.3 Å². The average Bonchev–Trinajstić information content (AvgIpc) is 2.27. The second-order valence-corrected chi connectivity index (χ2v) is 4.43. The number of rotatable bonds is 2. The molecule has 0 aromatic heterocycles. The number of allylic oxidation sites excluding steroid dienone is 1. The summed E-state index contributed by atoms with van der Waals surface area (Å²) in [5, 5.41) is 11.6. The number of hydrogen-bond donors (Lipinski definition) is 1. The van der Waals surface area contributed by atoms with Gasteiger partial charge in [-0.05, 0) is 46.0 Å². The highest BCUT2D eigenvalue weighted by molar-refractivity contribution is 5.87. The van der Waals surface area contributed by atoms with Crippen LogP contribution >= 0.6 is 0 Å². The first-order chi connectivity index (χ1) is 7.58. The summed E-state index contributed by atoms with van der Waals surface area (Å²) in [6.45, 7) is 8.38. The summed E-state index contributed by atoms with van der Waals surface area (Å²) >= 11 is 0. The highest BCUT2D eigenvalue weighted by atomic mass is 16.3. The van der Waals surface area contributed by atoms with Crippen LogP contribution in [0.3, 0.4) is 0 Å². The number of phenolic OH excluding ortho intramolecular Hbond substituents is 1. The minimum absolute atomic E-state index is 0.308. The summed E-state index contributed by atoms with van der Waals surface area (Å²) in [5.74, 6) is 0.762. The molecule has 1 nitrogen and oxygen atoms in total. The van der Waals surface area contributed by atoms with Gasteiger partial charge in [0, 0.05) is 0 Å². The Morgan fingerprint density at radius 3 is 2.38 bits per heavy atom. The molecule has 1 heteroatoms. The third kappa shape index (κ3) is 1.94. The van der Waals surface area contributed by atoms with Gasteiger partial charge in [0.2, 0.25) is 0 Å². The van der Waals surface area contributed by atoms with E-state index in [0.717, 1.165) is 16.3 Å². The van der Waals surface area contributed by atoms with Crippen molar-refractivity contribution in [1.29, 1.82) is 0 Å². The minimum Gasteiger partial charge on any atom is -0.508 e. The Bertz CT molecular complexity index is 538. The lowest BCUT2D eigenvalue weighted by atomic mass is 9.95. The summed E-state index contributed by atoms with van der Waals surface area (Å²) in [4.78, 5) is 0. The average molecular weight is 212 g/mol. The Morgan fingerprint density at radius 1 is 1.06 bits per heavy atom. The van der Waals surface area contributed by atoms with Gasteiger partial charge in [-0.1, -0.05) is 38.6 Å². The van der Waals surface area contributed by atoms with Crippen molar-refractivity contribution in [2.75, 3.05) is 0 Å². The third-order valence-electron chi connectivity index (χ3n) is 2.89. The van der Waals surface area contributed by atoms with Crippen molar-refractivity contribution < 1.29 is 5.11 Å². The quantitative estimate of drug-likeness (QED) is 0.790. The molecule has 0 saturated carbocycles. The zero-order valence-corrected chi connectivity index (χ0v) is 9.70. The summed E-state index contributed by atoms with van der Waals surface area (Å²) < 4.78 is 0. The van der Waals surface area contributed by atoms with Gasteiger partial charge >= 0.3 is 0 Å². The normalized spacial score (nSPS) is 10.9. The molecule has 0 fully saturated rings. The molecule has 0 bridgehead atoms. The molecule has 0 saturated heterocycles.